The fourth-order valence-electron chi connectivity index (χ4n) is 2.59. The molecule has 0 saturated carbocycles. The van der Waals surface area contributed by atoms with Crippen molar-refractivity contribution in [2.75, 3.05) is 33.4 Å². The van der Waals surface area contributed by atoms with Gasteiger partial charge in [0.15, 0.2) is 0 Å². The lowest BCUT2D eigenvalue weighted by atomic mass is 9.99. The number of hydrogen-bond acceptors (Lipinski definition) is 5. The van der Waals surface area contributed by atoms with Gasteiger partial charge in [-0.1, -0.05) is 0 Å². The average molecular weight is 342 g/mol. The molecular weight excluding hydrogens is 320 g/mol. The van der Waals surface area contributed by atoms with Crippen LogP contribution < -0.4 is 10.1 Å². The van der Waals surface area contributed by atoms with Gasteiger partial charge in [0.2, 0.25) is 15.9 Å². The molecule has 7 nitrogen and oxygen atoms in total. The molecule has 2 N–H and O–H groups in total. The van der Waals surface area contributed by atoms with E-state index in [1.54, 1.807) is 12.1 Å². The van der Waals surface area contributed by atoms with Crippen LogP contribution in [0, 0.1) is 5.92 Å². The molecule has 1 aliphatic rings. The first-order valence-electron chi connectivity index (χ1n) is 7.52. The third-order valence-corrected chi connectivity index (χ3v) is 5.74. The van der Waals surface area contributed by atoms with Crippen molar-refractivity contribution in [1.29, 1.82) is 0 Å². The maximum Gasteiger partial charge on any atom is 0.243 e. The Morgan fingerprint density at radius 2 is 2.09 bits per heavy atom. The van der Waals surface area contributed by atoms with Crippen molar-refractivity contribution >= 4 is 15.9 Å². The number of piperidine rings is 1. The Morgan fingerprint density at radius 1 is 1.39 bits per heavy atom. The number of aliphatic hydroxyl groups is 1. The van der Waals surface area contributed by atoms with E-state index in [4.69, 9.17) is 9.84 Å². The summed E-state index contributed by atoms with van der Waals surface area (Å²) in [4.78, 5) is 12.2. The Kier molecular flexibility index (Phi) is 5.97. The molecule has 128 valence electrons. The Labute approximate surface area is 136 Å². The molecule has 0 unspecified atom stereocenters. The number of sulfonamides is 1. The van der Waals surface area contributed by atoms with E-state index in [-0.39, 0.29) is 36.4 Å². The number of rotatable bonds is 6. The smallest absolute Gasteiger partial charge is 0.243 e. The molecule has 1 heterocycles. The molecule has 0 aliphatic carbocycles. The van der Waals surface area contributed by atoms with E-state index in [9.17, 15) is 13.2 Å². The van der Waals surface area contributed by atoms with Crippen LogP contribution in [0.1, 0.15) is 12.8 Å². The Hall–Kier alpha value is -1.64. The number of ether oxygens (including phenoxy) is 1. The summed E-state index contributed by atoms with van der Waals surface area (Å²) in [5.41, 5.74) is 0. The molecule has 0 radical (unpaired) electrons. The van der Waals surface area contributed by atoms with Gasteiger partial charge in [-0.3, -0.25) is 4.79 Å². The lowest BCUT2D eigenvalue weighted by molar-refractivity contribution is -0.126. The molecule has 1 fully saturated rings. The Morgan fingerprint density at radius 3 is 2.70 bits per heavy atom. The van der Waals surface area contributed by atoms with E-state index in [1.165, 1.54) is 23.5 Å². The SMILES string of the molecule is COc1ccc(S(=O)(=O)N2CCC[C@@H](C(=O)NCCO)C2)cc1. The maximum atomic E-state index is 12.7. The van der Waals surface area contributed by atoms with Gasteiger partial charge in [-0.15, -0.1) is 0 Å². The quantitative estimate of drug-likeness (QED) is 0.770. The van der Waals surface area contributed by atoms with Gasteiger partial charge in [-0.25, -0.2) is 8.42 Å². The highest BCUT2D eigenvalue weighted by atomic mass is 32.2. The zero-order chi connectivity index (χ0) is 16.9. The Balaban J connectivity index is 2.10. The molecule has 0 aromatic heterocycles. The minimum atomic E-state index is -3.63. The van der Waals surface area contributed by atoms with Crippen molar-refractivity contribution in [3.63, 3.8) is 0 Å². The van der Waals surface area contributed by atoms with Gasteiger partial charge in [0.05, 0.1) is 24.5 Å². The van der Waals surface area contributed by atoms with Crippen LogP contribution in [0.25, 0.3) is 0 Å². The second-order valence-electron chi connectivity index (χ2n) is 5.39. The first kappa shape index (κ1) is 17.7. The van der Waals surface area contributed by atoms with Crippen molar-refractivity contribution in [2.24, 2.45) is 5.92 Å². The number of aliphatic hydroxyl groups excluding tert-OH is 1. The summed E-state index contributed by atoms with van der Waals surface area (Å²) in [6.45, 7) is 0.608. The third-order valence-electron chi connectivity index (χ3n) is 3.86. The molecule has 1 aliphatic heterocycles. The maximum absolute atomic E-state index is 12.7. The molecule has 1 atom stereocenters. The van der Waals surface area contributed by atoms with Crippen LogP contribution in [-0.2, 0) is 14.8 Å². The highest BCUT2D eigenvalue weighted by Gasteiger charge is 2.33. The Bertz CT molecular complexity index is 630. The summed E-state index contributed by atoms with van der Waals surface area (Å²) in [7, 11) is -2.11. The molecule has 2 rings (SSSR count). The second kappa shape index (κ2) is 7.76. The van der Waals surface area contributed by atoms with E-state index < -0.39 is 10.0 Å². The van der Waals surface area contributed by atoms with Crippen molar-refractivity contribution in [3.05, 3.63) is 24.3 Å². The predicted octanol–water partition coefficient (Wildman–Crippen LogP) is 0.204. The molecule has 1 saturated heterocycles. The zero-order valence-electron chi connectivity index (χ0n) is 13.1. The van der Waals surface area contributed by atoms with Gasteiger partial charge in [-0.05, 0) is 37.1 Å². The summed E-state index contributed by atoms with van der Waals surface area (Å²) in [6.07, 6.45) is 1.28. The van der Waals surface area contributed by atoms with Crippen LogP contribution in [0.4, 0.5) is 0 Å². The minimum absolute atomic E-state index is 0.133. The summed E-state index contributed by atoms with van der Waals surface area (Å²) in [5.74, 6) is -0.0131. The topological polar surface area (TPSA) is 95.9 Å². The van der Waals surface area contributed by atoms with Gasteiger partial charge in [0.25, 0.3) is 0 Å². The van der Waals surface area contributed by atoms with E-state index in [0.29, 0.717) is 25.1 Å². The second-order valence-corrected chi connectivity index (χ2v) is 7.33. The van der Waals surface area contributed by atoms with Crippen LogP contribution >= 0.6 is 0 Å². The van der Waals surface area contributed by atoms with Crippen molar-refractivity contribution < 1.29 is 23.1 Å². The number of nitrogens with one attached hydrogen (secondary N) is 1. The van der Waals surface area contributed by atoms with Crippen molar-refractivity contribution in [2.45, 2.75) is 17.7 Å². The minimum Gasteiger partial charge on any atom is -0.497 e. The number of hydrogen-bond donors (Lipinski definition) is 2. The molecule has 1 aromatic carbocycles. The number of carbonyl (C=O) groups excluding carboxylic acids is 1. The molecular formula is C15H22N2O5S. The summed E-state index contributed by atoms with van der Waals surface area (Å²) >= 11 is 0. The monoisotopic (exact) mass is 342 g/mol. The van der Waals surface area contributed by atoms with Crippen LogP contribution in [0.15, 0.2) is 29.2 Å². The molecule has 1 aromatic rings. The number of benzene rings is 1. The number of carbonyl (C=O) groups is 1. The lowest BCUT2D eigenvalue weighted by Gasteiger charge is -2.31. The van der Waals surface area contributed by atoms with E-state index >= 15 is 0 Å². The fourth-order valence-corrected chi connectivity index (χ4v) is 4.12. The molecule has 1 amide bonds. The van der Waals surface area contributed by atoms with Crippen molar-refractivity contribution in [3.8, 4) is 5.75 Å². The highest BCUT2D eigenvalue weighted by molar-refractivity contribution is 7.89. The molecule has 23 heavy (non-hydrogen) atoms. The lowest BCUT2D eigenvalue weighted by Crippen LogP contribution is -2.45. The van der Waals surface area contributed by atoms with E-state index in [0.717, 1.165) is 0 Å². The number of methoxy groups -OCH3 is 1. The standard InChI is InChI=1S/C15H22N2O5S/c1-22-13-4-6-14(7-5-13)23(20,21)17-9-2-3-12(11-17)15(19)16-8-10-18/h4-7,12,18H,2-3,8-11H2,1H3,(H,16,19)/t12-/m1/s1. The highest BCUT2D eigenvalue weighted by Crippen LogP contribution is 2.25. The largest absolute Gasteiger partial charge is 0.497 e. The van der Waals surface area contributed by atoms with Crippen molar-refractivity contribution in [1.82, 2.24) is 9.62 Å². The van der Waals surface area contributed by atoms with Crippen LogP contribution in [0.5, 0.6) is 5.75 Å². The first-order valence-corrected chi connectivity index (χ1v) is 8.96. The third kappa shape index (κ3) is 4.21. The van der Waals surface area contributed by atoms with E-state index in [2.05, 4.69) is 5.32 Å². The normalized spacial score (nSPS) is 19.3. The predicted molar refractivity (Wildman–Crippen MR) is 84.6 cm³/mol. The van der Waals surface area contributed by atoms with Crippen LogP contribution in [-0.4, -0.2) is 57.1 Å². The summed E-state index contributed by atoms with van der Waals surface area (Å²) in [5, 5.41) is 11.4. The average Bonchev–Trinajstić information content (AvgIpc) is 2.59. The van der Waals surface area contributed by atoms with Crippen LogP contribution in [0.3, 0.4) is 0 Å². The van der Waals surface area contributed by atoms with Gasteiger partial charge < -0.3 is 15.2 Å². The van der Waals surface area contributed by atoms with E-state index in [1.807, 2.05) is 0 Å². The van der Waals surface area contributed by atoms with Gasteiger partial charge in [0.1, 0.15) is 5.75 Å². The van der Waals surface area contributed by atoms with Gasteiger partial charge in [-0.2, -0.15) is 4.31 Å². The summed E-state index contributed by atoms with van der Waals surface area (Å²) in [6, 6.07) is 6.21. The number of amides is 1. The molecule has 8 heteroatoms. The molecule has 0 spiro atoms. The van der Waals surface area contributed by atoms with Gasteiger partial charge >= 0.3 is 0 Å². The van der Waals surface area contributed by atoms with Crippen LogP contribution in [0.2, 0.25) is 0 Å². The number of nitrogens with zero attached hydrogens (tertiary/aromatic N) is 1. The summed E-state index contributed by atoms with van der Waals surface area (Å²) < 4.78 is 31.7. The molecule has 0 bridgehead atoms. The zero-order valence-corrected chi connectivity index (χ0v) is 13.9. The first-order chi connectivity index (χ1) is 11.0. The fraction of sp³-hybridized carbons (Fsp3) is 0.533. The van der Waals surface area contributed by atoms with Gasteiger partial charge in [0, 0.05) is 19.6 Å².